The van der Waals surface area contributed by atoms with Gasteiger partial charge in [0.1, 0.15) is 0 Å². The Kier molecular flexibility index (Phi) is 22.8. The molecular weight excluding hydrogens is 335 g/mol. The van der Waals surface area contributed by atoms with Crippen molar-refractivity contribution in [2.45, 2.75) is 104 Å². The molecule has 142 valence electrons. The maximum atomic E-state index is 8.93. The van der Waals surface area contributed by atoms with Gasteiger partial charge in [0.2, 0.25) is 0 Å². The molecule has 1 rings (SSSR count). The maximum absolute atomic E-state index is 8.93. The van der Waals surface area contributed by atoms with Crippen LogP contribution in [-0.2, 0) is 15.3 Å². The second-order valence-corrected chi connectivity index (χ2v) is 7.51. The van der Waals surface area contributed by atoms with Gasteiger partial charge in [-0.1, -0.05) is 97.3 Å². The van der Waals surface area contributed by atoms with Crippen LogP contribution in [0.4, 0.5) is 0 Å². The third kappa shape index (κ3) is 17.7. The summed E-state index contributed by atoms with van der Waals surface area (Å²) in [5.41, 5.74) is 0. The van der Waals surface area contributed by atoms with Gasteiger partial charge in [-0.2, -0.15) is 0 Å². The summed E-state index contributed by atoms with van der Waals surface area (Å²) in [6.07, 6.45) is 20.8. The molecule has 0 spiro atoms. The number of thiol groups is 1. The van der Waals surface area contributed by atoms with Gasteiger partial charge in [-0.25, -0.2) is 13.7 Å². The van der Waals surface area contributed by atoms with Crippen LogP contribution < -0.4 is 0 Å². The second-order valence-electron chi connectivity index (χ2n) is 6.90. The van der Waals surface area contributed by atoms with E-state index >= 15 is 0 Å². The van der Waals surface area contributed by atoms with Gasteiger partial charge < -0.3 is 0 Å². The van der Waals surface area contributed by atoms with E-state index in [9.17, 15) is 0 Å². The average molecular weight is 375 g/mol. The van der Waals surface area contributed by atoms with Crippen molar-refractivity contribution in [1.82, 2.24) is 0 Å². The second kappa shape index (κ2) is 20.2. The van der Waals surface area contributed by atoms with Crippen LogP contribution in [0.25, 0.3) is 0 Å². The van der Waals surface area contributed by atoms with Crippen molar-refractivity contribution in [2.24, 2.45) is 11.8 Å². The average Bonchev–Trinajstić information content (AvgIpc) is 2.98. The third-order valence-electron chi connectivity index (χ3n) is 4.88. The molecular formula is C18H39NaO4S. The van der Waals surface area contributed by atoms with Crippen molar-refractivity contribution in [3.05, 3.63) is 0 Å². The predicted molar refractivity (Wildman–Crippen MR) is 104 cm³/mol. The Bertz CT molecular complexity index is 316. The van der Waals surface area contributed by atoms with E-state index in [1.807, 2.05) is 0 Å². The molecule has 1 aliphatic rings. The van der Waals surface area contributed by atoms with Crippen LogP contribution >= 0.6 is 0 Å². The summed E-state index contributed by atoms with van der Waals surface area (Å²) in [6, 6.07) is 0. The van der Waals surface area contributed by atoms with E-state index in [1.165, 1.54) is 77.0 Å². The number of rotatable bonds is 12. The summed E-state index contributed by atoms with van der Waals surface area (Å²) in [7, 11) is -3.04. The Morgan fingerprint density at radius 3 is 1.75 bits per heavy atom. The first-order valence-corrected chi connectivity index (χ1v) is 10.7. The van der Waals surface area contributed by atoms with Crippen molar-refractivity contribution >= 4 is 40.5 Å². The predicted octanol–water partition coefficient (Wildman–Crippen LogP) is 5.09. The summed E-state index contributed by atoms with van der Waals surface area (Å²) in [5.74, 6) is 2.19. The molecule has 0 amide bonds. The Morgan fingerprint density at radius 1 is 0.833 bits per heavy atom. The molecule has 0 aromatic rings. The molecule has 2 atom stereocenters. The molecule has 1 fully saturated rings. The standard InChI is InChI=1S/C18H36.Na.H2O4S.H/c1-3-5-6-7-8-9-10-11-13-18-15-14-17(16-18)12-4-2;;1-4-5(2)3;/h17-18H,3-16H2,1-2H3;;1,5H;. The van der Waals surface area contributed by atoms with Gasteiger partial charge in [-0.15, -0.1) is 4.33 Å². The van der Waals surface area contributed by atoms with E-state index in [4.69, 9.17) is 13.7 Å². The molecule has 0 heterocycles. The summed E-state index contributed by atoms with van der Waals surface area (Å²) < 4.78 is 20.6. The van der Waals surface area contributed by atoms with Crippen LogP contribution in [-0.4, -0.2) is 43.2 Å². The molecule has 1 N–H and O–H groups in total. The van der Waals surface area contributed by atoms with E-state index in [1.54, 1.807) is 12.8 Å². The first-order valence-electron chi connectivity index (χ1n) is 9.59. The summed E-state index contributed by atoms with van der Waals surface area (Å²) in [4.78, 5) is 0. The molecule has 0 aromatic carbocycles. The van der Waals surface area contributed by atoms with E-state index in [2.05, 4.69) is 18.2 Å². The quantitative estimate of drug-likeness (QED) is 0.164. The zero-order valence-electron chi connectivity index (χ0n) is 15.2. The molecule has 24 heavy (non-hydrogen) atoms. The Balaban J connectivity index is 0. The molecule has 6 heteroatoms. The summed E-state index contributed by atoms with van der Waals surface area (Å²) >= 11 is 0. The minimum absolute atomic E-state index is 0. The molecule has 1 aliphatic carbocycles. The van der Waals surface area contributed by atoms with Crippen LogP contribution in [0.3, 0.4) is 0 Å². The monoisotopic (exact) mass is 374 g/mol. The SMILES string of the molecule is CCCCCCCCCCC1CCC(CCC)C1.O=[SH](=O)OO.[NaH]. The fourth-order valence-corrected chi connectivity index (χ4v) is 3.68. The Labute approximate surface area is 173 Å². The van der Waals surface area contributed by atoms with Gasteiger partial charge in [0, 0.05) is 0 Å². The number of hydrogen-bond donors (Lipinski definition) is 2. The zero-order valence-corrected chi connectivity index (χ0v) is 16.1. The molecule has 0 aromatic heterocycles. The molecule has 0 bridgehead atoms. The van der Waals surface area contributed by atoms with Crippen LogP contribution in [0.1, 0.15) is 104 Å². The van der Waals surface area contributed by atoms with Crippen molar-refractivity contribution in [3.63, 3.8) is 0 Å². The molecule has 0 aliphatic heterocycles. The molecule has 4 nitrogen and oxygen atoms in total. The van der Waals surface area contributed by atoms with Gasteiger partial charge in [-0.05, 0) is 18.3 Å². The van der Waals surface area contributed by atoms with Gasteiger partial charge in [0.25, 0.3) is 11.0 Å². The van der Waals surface area contributed by atoms with Crippen LogP contribution in [0, 0.1) is 11.8 Å². The summed E-state index contributed by atoms with van der Waals surface area (Å²) in [5, 5.41) is 7.05. The molecule has 2 unspecified atom stereocenters. The first kappa shape index (κ1) is 27.1. The molecule has 1 saturated carbocycles. The van der Waals surface area contributed by atoms with E-state index in [0.717, 1.165) is 11.8 Å². The van der Waals surface area contributed by atoms with Crippen LogP contribution in [0.15, 0.2) is 0 Å². The first-order chi connectivity index (χ1) is 11.1. The minimum atomic E-state index is -3.04. The number of unbranched alkanes of at least 4 members (excludes halogenated alkanes) is 7. The molecule has 0 radical (unpaired) electrons. The molecule has 0 saturated heterocycles. The zero-order chi connectivity index (χ0) is 17.3. The fourth-order valence-electron chi connectivity index (χ4n) is 3.68. The number of hydrogen-bond acceptors (Lipinski definition) is 4. The van der Waals surface area contributed by atoms with E-state index in [0.29, 0.717) is 0 Å². The topological polar surface area (TPSA) is 63.6 Å². The van der Waals surface area contributed by atoms with Gasteiger partial charge in [0.05, 0.1) is 0 Å². The summed E-state index contributed by atoms with van der Waals surface area (Å²) in [6.45, 7) is 4.64. The Hall–Kier alpha value is 0.870. The van der Waals surface area contributed by atoms with Crippen LogP contribution in [0.2, 0.25) is 0 Å². The van der Waals surface area contributed by atoms with Gasteiger partial charge in [0.15, 0.2) is 0 Å². The Morgan fingerprint density at radius 2 is 1.29 bits per heavy atom. The van der Waals surface area contributed by atoms with Gasteiger partial charge >= 0.3 is 29.6 Å². The van der Waals surface area contributed by atoms with E-state index < -0.39 is 11.0 Å². The van der Waals surface area contributed by atoms with Crippen molar-refractivity contribution in [3.8, 4) is 0 Å². The van der Waals surface area contributed by atoms with Crippen LogP contribution in [0.5, 0.6) is 0 Å². The van der Waals surface area contributed by atoms with E-state index in [-0.39, 0.29) is 29.6 Å². The normalized spacial score (nSPS) is 19.7. The van der Waals surface area contributed by atoms with Gasteiger partial charge in [-0.3, -0.25) is 0 Å². The van der Waals surface area contributed by atoms with Crippen molar-refractivity contribution < 1.29 is 18.0 Å². The van der Waals surface area contributed by atoms with Crippen molar-refractivity contribution in [1.29, 1.82) is 0 Å². The third-order valence-corrected chi connectivity index (χ3v) is 5.01. The van der Waals surface area contributed by atoms with Crippen molar-refractivity contribution in [2.75, 3.05) is 0 Å². The fraction of sp³-hybridized carbons (Fsp3) is 1.00.